The molecule has 0 heterocycles. The average molecular weight is 372 g/mol. The van der Waals surface area contributed by atoms with Gasteiger partial charge in [0.2, 0.25) is 10.0 Å². The molecule has 7 nitrogen and oxygen atoms in total. The molecule has 0 radical (unpaired) electrons. The summed E-state index contributed by atoms with van der Waals surface area (Å²) < 4.78 is 25.8. The summed E-state index contributed by atoms with van der Waals surface area (Å²) in [6, 6.07) is 12.8. The Morgan fingerprint density at radius 2 is 1.65 bits per heavy atom. The first-order valence-electron chi connectivity index (χ1n) is 7.72. The topological polar surface area (TPSA) is 93.5 Å². The Bertz CT molecular complexity index is 959. The average Bonchev–Trinajstić information content (AvgIpc) is 2.61. The zero-order valence-corrected chi connectivity index (χ0v) is 15.8. The smallest absolute Gasteiger partial charge is 0.255 e. The molecule has 1 amide bonds. The Hall–Kier alpha value is -2.89. The molecular weight excluding hydrogens is 352 g/mol. The molecule has 8 heteroatoms. The second kappa shape index (κ2) is 7.56. The van der Waals surface area contributed by atoms with Crippen LogP contribution in [0.3, 0.4) is 0 Å². The van der Waals surface area contributed by atoms with E-state index in [1.807, 2.05) is 6.07 Å². The van der Waals surface area contributed by atoms with E-state index in [1.165, 1.54) is 26.2 Å². The quantitative estimate of drug-likeness (QED) is 0.868. The number of amides is 1. The van der Waals surface area contributed by atoms with Gasteiger partial charge in [0.25, 0.3) is 5.91 Å². The molecule has 0 saturated heterocycles. The fourth-order valence-electron chi connectivity index (χ4n) is 2.27. The van der Waals surface area contributed by atoms with E-state index in [1.54, 1.807) is 49.3 Å². The van der Waals surface area contributed by atoms with Crippen LogP contribution in [0, 0.1) is 11.3 Å². The van der Waals surface area contributed by atoms with Crippen molar-refractivity contribution in [1.29, 1.82) is 5.26 Å². The number of nitrogens with one attached hydrogen (secondary N) is 1. The highest BCUT2D eigenvalue weighted by Crippen LogP contribution is 2.29. The number of hydrogen-bond donors (Lipinski definition) is 1. The highest BCUT2D eigenvalue weighted by atomic mass is 32.2. The van der Waals surface area contributed by atoms with Gasteiger partial charge in [-0.05, 0) is 42.5 Å². The normalized spacial score (nSPS) is 11.1. The Balaban J connectivity index is 2.42. The number of anilines is 2. The van der Waals surface area contributed by atoms with E-state index in [0.29, 0.717) is 22.5 Å². The number of carbonyl (C=O) groups is 1. The molecule has 0 aliphatic carbocycles. The summed E-state index contributed by atoms with van der Waals surface area (Å²) in [5.74, 6) is -0.392. The van der Waals surface area contributed by atoms with Gasteiger partial charge < -0.3 is 10.2 Å². The third kappa shape index (κ3) is 4.02. The predicted molar refractivity (Wildman–Crippen MR) is 101 cm³/mol. The van der Waals surface area contributed by atoms with Crippen LogP contribution in [0.25, 0.3) is 0 Å². The highest BCUT2D eigenvalue weighted by Gasteiger charge is 2.20. The number of sulfonamides is 1. The maximum Gasteiger partial charge on any atom is 0.255 e. The molecule has 0 aliphatic rings. The minimum atomic E-state index is -3.62. The first-order valence-corrected chi connectivity index (χ1v) is 9.16. The molecule has 0 atom stereocenters. The van der Waals surface area contributed by atoms with Crippen LogP contribution in [0.5, 0.6) is 0 Å². The molecule has 0 aliphatic heterocycles. The van der Waals surface area contributed by atoms with Gasteiger partial charge in [0, 0.05) is 33.8 Å². The minimum Gasteiger partial charge on any atom is -0.376 e. The fraction of sp³-hybridized carbons (Fsp3) is 0.222. The van der Waals surface area contributed by atoms with E-state index in [-0.39, 0.29) is 4.90 Å². The molecule has 2 aromatic rings. The first-order chi connectivity index (χ1) is 12.2. The first kappa shape index (κ1) is 19.4. The van der Waals surface area contributed by atoms with E-state index in [9.17, 15) is 13.2 Å². The van der Waals surface area contributed by atoms with Crippen molar-refractivity contribution in [3.63, 3.8) is 0 Å². The van der Waals surface area contributed by atoms with E-state index in [0.717, 1.165) is 4.31 Å². The Labute approximate surface area is 153 Å². The van der Waals surface area contributed by atoms with Crippen molar-refractivity contribution in [2.75, 3.05) is 38.4 Å². The summed E-state index contributed by atoms with van der Waals surface area (Å²) in [5, 5.41) is 11.6. The molecule has 26 heavy (non-hydrogen) atoms. The Morgan fingerprint density at radius 3 is 2.15 bits per heavy atom. The molecule has 0 aromatic heterocycles. The number of rotatable bonds is 5. The van der Waals surface area contributed by atoms with Crippen molar-refractivity contribution >= 4 is 27.3 Å². The van der Waals surface area contributed by atoms with E-state index >= 15 is 0 Å². The summed E-state index contributed by atoms with van der Waals surface area (Å²) in [6.45, 7) is 0. The molecule has 0 saturated carbocycles. The van der Waals surface area contributed by atoms with Crippen LogP contribution in [0.4, 0.5) is 11.4 Å². The Morgan fingerprint density at radius 1 is 1.04 bits per heavy atom. The van der Waals surface area contributed by atoms with Gasteiger partial charge >= 0.3 is 0 Å². The lowest BCUT2D eigenvalue weighted by Crippen LogP contribution is -2.23. The second-order valence-corrected chi connectivity index (χ2v) is 8.16. The van der Waals surface area contributed by atoms with Gasteiger partial charge in [0.1, 0.15) is 0 Å². The molecule has 2 rings (SSSR count). The third-order valence-corrected chi connectivity index (χ3v) is 5.56. The SMILES string of the molecule is CN(C)c1ccc(S(=O)(=O)N(C)C)cc1NC(=O)c1ccc(C#N)cc1. The van der Waals surface area contributed by atoms with Gasteiger partial charge in [-0.15, -0.1) is 0 Å². The molecule has 0 bridgehead atoms. The second-order valence-electron chi connectivity index (χ2n) is 6.00. The number of hydrogen-bond acceptors (Lipinski definition) is 5. The number of benzene rings is 2. The van der Waals surface area contributed by atoms with Gasteiger partial charge in [-0.2, -0.15) is 5.26 Å². The van der Waals surface area contributed by atoms with Crippen molar-refractivity contribution in [2.24, 2.45) is 0 Å². The highest BCUT2D eigenvalue weighted by molar-refractivity contribution is 7.89. The van der Waals surface area contributed by atoms with Gasteiger partial charge in [0.15, 0.2) is 0 Å². The van der Waals surface area contributed by atoms with Gasteiger partial charge in [-0.3, -0.25) is 4.79 Å². The number of carbonyl (C=O) groups excluding carboxylic acids is 1. The summed E-state index contributed by atoms with van der Waals surface area (Å²) in [4.78, 5) is 14.4. The molecule has 0 spiro atoms. The molecule has 2 aromatic carbocycles. The van der Waals surface area contributed by atoms with Crippen LogP contribution in [0.1, 0.15) is 15.9 Å². The van der Waals surface area contributed by atoms with Gasteiger partial charge in [-0.1, -0.05) is 0 Å². The molecule has 1 N–H and O–H groups in total. The van der Waals surface area contributed by atoms with E-state index in [4.69, 9.17) is 5.26 Å². The van der Waals surface area contributed by atoms with Crippen LogP contribution < -0.4 is 10.2 Å². The lowest BCUT2D eigenvalue weighted by atomic mass is 10.1. The molecular formula is C18H20N4O3S. The summed E-state index contributed by atoms with van der Waals surface area (Å²) >= 11 is 0. The summed E-state index contributed by atoms with van der Waals surface area (Å²) in [5.41, 5.74) is 1.88. The number of nitrogens with zero attached hydrogens (tertiary/aromatic N) is 3. The fourth-order valence-corrected chi connectivity index (χ4v) is 3.20. The molecule has 0 unspecified atom stereocenters. The van der Waals surface area contributed by atoms with Crippen LogP contribution in [0.2, 0.25) is 0 Å². The van der Waals surface area contributed by atoms with Crippen LogP contribution >= 0.6 is 0 Å². The van der Waals surface area contributed by atoms with Crippen LogP contribution in [-0.4, -0.2) is 46.8 Å². The summed E-state index contributed by atoms with van der Waals surface area (Å²) in [7, 11) is 2.87. The third-order valence-electron chi connectivity index (χ3n) is 3.75. The molecule has 136 valence electrons. The number of nitriles is 1. The standard InChI is InChI=1S/C18H20N4O3S/c1-21(2)17-10-9-15(26(24,25)22(3)4)11-16(17)20-18(23)14-7-5-13(12-19)6-8-14/h5-11H,1-4H3,(H,20,23). The van der Waals surface area contributed by atoms with E-state index in [2.05, 4.69) is 5.32 Å². The van der Waals surface area contributed by atoms with Crippen molar-refractivity contribution < 1.29 is 13.2 Å². The largest absolute Gasteiger partial charge is 0.376 e. The zero-order valence-electron chi connectivity index (χ0n) is 15.0. The zero-order chi connectivity index (χ0) is 19.5. The van der Waals surface area contributed by atoms with Crippen molar-refractivity contribution in [3.05, 3.63) is 53.6 Å². The lowest BCUT2D eigenvalue weighted by Gasteiger charge is -2.20. The molecule has 0 fully saturated rings. The summed E-state index contributed by atoms with van der Waals surface area (Å²) in [6.07, 6.45) is 0. The van der Waals surface area contributed by atoms with Crippen molar-refractivity contribution in [1.82, 2.24) is 4.31 Å². The maximum atomic E-state index is 12.5. The monoisotopic (exact) mass is 372 g/mol. The Kier molecular flexibility index (Phi) is 5.65. The van der Waals surface area contributed by atoms with Crippen molar-refractivity contribution in [2.45, 2.75) is 4.90 Å². The van der Waals surface area contributed by atoms with E-state index < -0.39 is 15.9 Å². The van der Waals surface area contributed by atoms with Gasteiger partial charge in [-0.25, -0.2) is 12.7 Å². The van der Waals surface area contributed by atoms with Crippen LogP contribution in [0.15, 0.2) is 47.4 Å². The lowest BCUT2D eigenvalue weighted by molar-refractivity contribution is 0.102. The van der Waals surface area contributed by atoms with Crippen molar-refractivity contribution in [3.8, 4) is 6.07 Å². The maximum absolute atomic E-state index is 12.5. The van der Waals surface area contributed by atoms with Crippen LogP contribution in [-0.2, 0) is 10.0 Å². The minimum absolute atomic E-state index is 0.0863. The van der Waals surface area contributed by atoms with Gasteiger partial charge in [0.05, 0.1) is 27.9 Å². The predicted octanol–water partition coefficient (Wildman–Crippen LogP) is 2.13.